The molecule has 0 saturated heterocycles. The van der Waals surface area contributed by atoms with Crippen LogP contribution < -0.4 is 0 Å². The van der Waals surface area contributed by atoms with Crippen LogP contribution in [0.1, 0.15) is 0 Å². The summed E-state index contributed by atoms with van der Waals surface area (Å²) in [6.07, 6.45) is 3.02. The highest BCUT2D eigenvalue weighted by atomic mass is 32.2. The molecule has 12 heavy (non-hydrogen) atoms. The fourth-order valence-corrected chi connectivity index (χ4v) is 1.67. The minimum atomic E-state index is -1.94. The van der Waals surface area contributed by atoms with E-state index in [9.17, 15) is 4.21 Å². The van der Waals surface area contributed by atoms with Gasteiger partial charge in [-0.1, -0.05) is 12.1 Å². The largest absolute Gasteiger partial charge is 0.471 e. The summed E-state index contributed by atoms with van der Waals surface area (Å²) < 4.78 is 24.6. The monoisotopic (exact) mass is 182 g/mol. The summed E-state index contributed by atoms with van der Waals surface area (Å²) in [6, 6.07) is 5.16. The summed E-state index contributed by atoms with van der Waals surface area (Å²) >= 11 is -1.94. The summed E-state index contributed by atoms with van der Waals surface area (Å²) in [5.74, 6) is 0. The first-order chi connectivity index (χ1) is 5.79. The molecule has 0 bridgehead atoms. The maximum absolute atomic E-state index is 10.8. The SMILES string of the molecule is O=S(O)c1cccc2cocc12. The van der Waals surface area contributed by atoms with Gasteiger partial charge in [0.15, 0.2) is 11.1 Å². The van der Waals surface area contributed by atoms with Gasteiger partial charge in [-0.25, -0.2) is 4.21 Å². The van der Waals surface area contributed by atoms with Crippen LogP contribution in [0.15, 0.2) is 40.0 Å². The average molecular weight is 182 g/mol. The van der Waals surface area contributed by atoms with Gasteiger partial charge in [0.2, 0.25) is 0 Å². The van der Waals surface area contributed by atoms with E-state index in [0.29, 0.717) is 10.3 Å². The third-order valence-corrected chi connectivity index (χ3v) is 2.40. The van der Waals surface area contributed by atoms with Crippen LogP contribution in [0.3, 0.4) is 0 Å². The molecule has 0 aliphatic carbocycles. The van der Waals surface area contributed by atoms with Crippen LogP contribution in [-0.2, 0) is 11.1 Å². The van der Waals surface area contributed by atoms with Crippen molar-refractivity contribution < 1.29 is 13.2 Å². The fraction of sp³-hybridized carbons (Fsp3) is 0. The fourth-order valence-electron chi connectivity index (χ4n) is 1.12. The molecule has 0 aliphatic rings. The third-order valence-electron chi connectivity index (χ3n) is 1.67. The van der Waals surface area contributed by atoms with E-state index in [-0.39, 0.29) is 0 Å². The second-order valence-electron chi connectivity index (χ2n) is 2.38. The van der Waals surface area contributed by atoms with Gasteiger partial charge in [-0.3, -0.25) is 0 Å². The lowest BCUT2D eigenvalue weighted by Crippen LogP contribution is -1.87. The van der Waals surface area contributed by atoms with Crippen LogP contribution in [0.4, 0.5) is 0 Å². The van der Waals surface area contributed by atoms with Gasteiger partial charge >= 0.3 is 0 Å². The molecule has 0 amide bonds. The molecule has 1 unspecified atom stereocenters. The van der Waals surface area contributed by atoms with E-state index in [2.05, 4.69) is 0 Å². The zero-order chi connectivity index (χ0) is 8.55. The predicted molar refractivity (Wildman–Crippen MR) is 45.3 cm³/mol. The third kappa shape index (κ3) is 1.05. The van der Waals surface area contributed by atoms with E-state index >= 15 is 0 Å². The smallest absolute Gasteiger partial charge is 0.187 e. The summed E-state index contributed by atoms with van der Waals surface area (Å²) in [5.41, 5.74) is 0. The van der Waals surface area contributed by atoms with E-state index < -0.39 is 11.1 Å². The minimum Gasteiger partial charge on any atom is -0.471 e. The Kier molecular flexibility index (Phi) is 1.71. The number of furan rings is 1. The molecule has 1 heterocycles. The van der Waals surface area contributed by atoms with E-state index in [4.69, 9.17) is 8.97 Å². The van der Waals surface area contributed by atoms with Gasteiger partial charge in [-0.2, -0.15) is 0 Å². The van der Waals surface area contributed by atoms with Gasteiger partial charge in [0.1, 0.15) is 0 Å². The van der Waals surface area contributed by atoms with Crippen molar-refractivity contribution in [2.75, 3.05) is 0 Å². The summed E-state index contributed by atoms with van der Waals surface area (Å²) in [4.78, 5) is 0.390. The van der Waals surface area contributed by atoms with Crippen LogP contribution in [0.5, 0.6) is 0 Å². The Morgan fingerprint density at radius 1 is 1.33 bits per heavy atom. The van der Waals surface area contributed by atoms with Gasteiger partial charge in [-0.15, -0.1) is 0 Å². The molecule has 62 valence electrons. The molecule has 3 nitrogen and oxygen atoms in total. The number of fused-ring (bicyclic) bond motifs is 1. The lowest BCUT2D eigenvalue weighted by Gasteiger charge is -1.94. The van der Waals surface area contributed by atoms with E-state index in [1.807, 2.05) is 6.07 Å². The van der Waals surface area contributed by atoms with Crippen molar-refractivity contribution in [3.8, 4) is 0 Å². The van der Waals surface area contributed by atoms with Gasteiger partial charge in [0, 0.05) is 10.8 Å². The Hall–Kier alpha value is -1.13. The standard InChI is InChI=1S/C8H6O3S/c9-12(10)8-3-1-2-6-4-11-5-7(6)8/h1-5H,(H,9,10). The van der Waals surface area contributed by atoms with E-state index in [1.54, 1.807) is 18.4 Å². The van der Waals surface area contributed by atoms with Crippen molar-refractivity contribution in [2.24, 2.45) is 0 Å². The molecule has 0 spiro atoms. The number of hydrogen-bond acceptors (Lipinski definition) is 2. The molecule has 1 aromatic carbocycles. The molecule has 4 heteroatoms. The molecular formula is C8H6O3S. The highest BCUT2D eigenvalue weighted by Crippen LogP contribution is 2.21. The Labute approximate surface area is 71.3 Å². The van der Waals surface area contributed by atoms with Crippen molar-refractivity contribution in [2.45, 2.75) is 4.90 Å². The lowest BCUT2D eigenvalue weighted by atomic mass is 10.2. The Morgan fingerprint density at radius 3 is 2.92 bits per heavy atom. The molecule has 0 saturated carbocycles. The first-order valence-corrected chi connectivity index (χ1v) is 4.45. The van der Waals surface area contributed by atoms with Gasteiger partial charge in [0.25, 0.3) is 0 Å². The summed E-state index contributed by atoms with van der Waals surface area (Å²) in [6.45, 7) is 0. The molecule has 1 atom stereocenters. The molecule has 1 N–H and O–H groups in total. The van der Waals surface area contributed by atoms with Crippen molar-refractivity contribution in [3.05, 3.63) is 30.7 Å². The first-order valence-electron chi connectivity index (χ1n) is 3.35. The minimum absolute atomic E-state index is 0.390. The molecule has 2 rings (SSSR count). The van der Waals surface area contributed by atoms with Crippen molar-refractivity contribution >= 4 is 21.9 Å². The quantitative estimate of drug-likeness (QED) is 0.686. The molecule has 0 fully saturated rings. The van der Waals surface area contributed by atoms with Gasteiger partial charge in [-0.05, 0) is 6.07 Å². The molecular weight excluding hydrogens is 176 g/mol. The van der Waals surface area contributed by atoms with Gasteiger partial charge < -0.3 is 8.97 Å². The second-order valence-corrected chi connectivity index (χ2v) is 3.32. The predicted octanol–water partition coefficient (Wildman–Crippen LogP) is 2.01. The molecule has 1 aromatic heterocycles. The van der Waals surface area contributed by atoms with Gasteiger partial charge in [0.05, 0.1) is 17.4 Å². The van der Waals surface area contributed by atoms with Crippen LogP contribution in [0.25, 0.3) is 10.8 Å². The average Bonchev–Trinajstić information content (AvgIpc) is 2.49. The van der Waals surface area contributed by atoms with Crippen LogP contribution in [0, 0.1) is 0 Å². The van der Waals surface area contributed by atoms with E-state index in [1.165, 1.54) is 6.26 Å². The lowest BCUT2D eigenvalue weighted by molar-refractivity contribution is 0.562. The first kappa shape index (κ1) is 7.52. The zero-order valence-corrected chi connectivity index (χ0v) is 6.88. The number of rotatable bonds is 1. The maximum atomic E-state index is 10.8. The van der Waals surface area contributed by atoms with Crippen molar-refractivity contribution in [1.29, 1.82) is 0 Å². The van der Waals surface area contributed by atoms with Crippen molar-refractivity contribution in [1.82, 2.24) is 0 Å². The number of benzene rings is 1. The zero-order valence-electron chi connectivity index (χ0n) is 6.06. The topological polar surface area (TPSA) is 50.4 Å². The second kappa shape index (κ2) is 2.73. The number of hydrogen-bond donors (Lipinski definition) is 1. The maximum Gasteiger partial charge on any atom is 0.187 e. The van der Waals surface area contributed by atoms with E-state index in [0.717, 1.165) is 5.39 Å². The normalized spacial score (nSPS) is 13.4. The van der Waals surface area contributed by atoms with Crippen LogP contribution >= 0.6 is 0 Å². The Bertz CT molecular complexity index is 433. The Morgan fingerprint density at radius 2 is 2.17 bits per heavy atom. The summed E-state index contributed by atoms with van der Waals surface area (Å²) in [7, 11) is 0. The van der Waals surface area contributed by atoms with Crippen LogP contribution in [-0.4, -0.2) is 8.76 Å². The highest BCUT2D eigenvalue weighted by Gasteiger charge is 2.06. The van der Waals surface area contributed by atoms with Crippen molar-refractivity contribution in [3.63, 3.8) is 0 Å². The Balaban J connectivity index is 2.82. The van der Waals surface area contributed by atoms with Crippen LogP contribution in [0.2, 0.25) is 0 Å². The summed E-state index contributed by atoms with van der Waals surface area (Å²) in [5, 5.41) is 1.54. The molecule has 2 aromatic rings. The molecule has 0 radical (unpaired) electrons. The molecule has 0 aliphatic heterocycles. The highest BCUT2D eigenvalue weighted by molar-refractivity contribution is 7.79.